The van der Waals surface area contributed by atoms with Crippen LogP contribution in [0, 0.1) is 5.41 Å². The molecular formula is C14H29NO2. The molecule has 0 bridgehead atoms. The highest BCUT2D eigenvalue weighted by Crippen LogP contribution is 2.25. The van der Waals surface area contributed by atoms with Gasteiger partial charge in [-0.25, -0.2) is 0 Å². The minimum atomic E-state index is -0.385. The molecule has 0 spiro atoms. The maximum absolute atomic E-state index is 9.96. The van der Waals surface area contributed by atoms with Gasteiger partial charge in [-0.15, -0.1) is 0 Å². The first-order chi connectivity index (χ1) is 7.57. The van der Waals surface area contributed by atoms with E-state index in [2.05, 4.69) is 13.8 Å². The smallest absolute Gasteiger partial charge is 0.0753 e. The van der Waals surface area contributed by atoms with Crippen molar-refractivity contribution in [3.05, 3.63) is 11.6 Å². The van der Waals surface area contributed by atoms with Crippen LogP contribution in [0.15, 0.2) is 11.6 Å². The summed E-state index contributed by atoms with van der Waals surface area (Å²) in [7, 11) is 0. The number of hydrogen-bond acceptors (Lipinski definition) is 3. The lowest BCUT2D eigenvalue weighted by Crippen LogP contribution is -2.39. The summed E-state index contributed by atoms with van der Waals surface area (Å²) in [6.45, 7) is 13.1. The van der Waals surface area contributed by atoms with Gasteiger partial charge in [-0.2, -0.15) is 0 Å². The summed E-state index contributed by atoms with van der Waals surface area (Å²) in [6, 6.07) is 0. The highest BCUT2D eigenvalue weighted by atomic mass is 16.5. The molecular weight excluding hydrogens is 214 g/mol. The van der Waals surface area contributed by atoms with Gasteiger partial charge >= 0.3 is 0 Å². The van der Waals surface area contributed by atoms with E-state index < -0.39 is 0 Å². The zero-order valence-electron chi connectivity index (χ0n) is 12.2. The second kappa shape index (κ2) is 6.53. The van der Waals surface area contributed by atoms with E-state index in [1.165, 1.54) is 0 Å². The topological polar surface area (TPSA) is 55.5 Å². The maximum atomic E-state index is 9.96. The third kappa shape index (κ3) is 8.36. The number of hydrogen-bond donors (Lipinski definition) is 2. The van der Waals surface area contributed by atoms with Crippen molar-refractivity contribution < 1.29 is 9.84 Å². The van der Waals surface area contributed by atoms with Crippen molar-refractivity contribution in [3.8, 4) is 0 Å². The summed E-state index contributed by atoms with van der Waals surface area (Å²) in [4.78, 5) is 0. The van der Waals surface area contributed by atoms with Gasteiger partial charge in [-0.05, 0) is 45.1 Å². The standard InChI is InChI=1S/C14H29NO2/c1-7-11(2)12(16)8-13(3,4)9-17-10-14(5,6)15/h7,12,16H,8-10,15H2,1-6H3. The van der Waals surface area contributed by atoms with Crippen LogP contribution in [0.3, 0.4) is 0 Å². The third-order valence-corrected chi connectivity index (χ3v) is 2.69. The Labute approximate surface area is 106 Å². The van der Waals surface area contributed by atoms with Crippen molar-refractivity contribution in [3.63, 3.8) is 0 Å². The molecule has 0 aromatic carbocycles. The molecule has 102 valence electrons. The Hall–Kier alpha value is -0.380. The fourth-order valence-corrected chi connectivity index (χ4v) is 1.53. The van der Waals surface area contributed by atoms with E-state index in [1.807, 2.05) is 33.8 Å². The Morgan fingerprint density at radius 2 is 1.82 bits per heavy atom. The molecule has 0 radical (unpaired) electrons. The Kier molecular flexibility index (Phi) is 6.38. The van der Waals surface area contributed by atoms with Crippen molar-refractivity contribution in [2.45, 2.75) is 59.6 Å². The highest BCUT2D eigenvalue weighted by Gasteiger charge is 2.24. The quantitative estimate of drug-likeness (QED) is 0.675. The molecule has 0 rings (SSSR count). The minimum Gasteiger partial charge on any atom is -0.389 e. The van der Waals surface area contributed by atoms with E-state index >= 15 is 0 Å². The van der Waals surface area contributed by atoms with Crippen LogP contribution >= 0.6 is 0 Å². The first kappa shape index (κ1) is 16.6. The van der Waals surface area contributed by atoms with Gasteiger partial charge < -0.3 is 15.6 Å². The van der Waals surface area contributed by atoms with Gasteiger partial charge in [0.25, 0.3) is 0 Å². The van der Waals surface area contributed by atoms with Gasteiger partial charge in [0.05, 0.1) is 19.3 Å². The molecule has 0 aromatic rings. The molecule has 3 nitrogen and oxygen atoms in total. The van der Waals surface area contributed by atoms with E-state index in [1.54, 1.807) is 0 Å². The van der Waals surface area contributed by atoms with Crippen LogP contribution in [-0.4, -0.2) is 30.0 Å². The molecule has 0 aliphatic heterocycles. The molecule has 0 saturated carbocycles. The molecule has 0 aromatic heterocycles. The van der Waals surface area contributed by atoms with E-state index in [9.17, 15) is 5.11 Å². The Morgan fingerprint density at radius 3 is 2.24 bits per heavy atom. The Balaban J connectivity index is 4.12. The van der Waals surface area contributed by atoms with Gasteiger partial charge in [-0.3, -0.25) is 0 Å². The summed E-state index contributed by atoms with van der Waals surface area (Å²) >= 11 is 0. The SMILES string of the molecule is CC=C(C)C(O)CC(C)(C)COCC(C)(C)N. The van der Waals surface area contributed by atoms with Crippen molar-refractivity contribution in [1.29, 1.82) is 0 Å². The third-order valence-electron chi connectivity index (χ3n) is 2.69. The van der Waals surface area contributed by atoms with Crippen molar-refractivity contribution in [2.75, 3.05) is 13.2 Å². The number of allylic oxidation sites excluding steroid dienone is 1. The van der Waals surface area contributed by atoms with Gasteiger partial charge in [0, 0.05) is 5.54 Å². The molecule has 3 N–H and O–H groups in total. The molecule has 0 heterocycles. The number of aliphatic hydroxyl groups is 1. The molecule has 3 heteroatoms. The zero-order valence-corrected chi connectivity index (χ0v) is 12.2. The minimum absolute atomic E-state index is 0.0467. The number of aliphatic hydroxyl groups excluding tert-OH is 1. The van der Waals surface area contributed by atoms with Gasteiger partial charge in [-0.1, -0.05) is 19.9 Å². The van der Waals surface area contributed by atoms with E-state index in [0.717, 1.165) is 5.57 Å². The van der Waals surface area contributed by atoms with Crippen molar-refractivity contribution >= 4 is 0 Å². The van der Waals surface area contributed by atoms with Crippen LogP contribution in [0.4, 0.5) is 0 Å². The molecule has 0 saturated heterocycles. The average molecular weight is 243 g/mol. The van der Waals surface area contributed by atoms with Crippen molar-refractivity contribution in [1.82, 2.24) is 0 Å². The molecule has 17 heavy (non-hydrogen) atoms. The molecule has 0 fully saturated rings. The van der Waals surface area contributed by atoms with Crippen LogP contribution in [0.25, 0.3) is 0 Å². The van der Waals surface area contributed by atoms with E-state index in [-0.39, 0.29) is 17.1 Å². The summed E-state index contributed by atoms with van der Waals surface area (Å²) in [5.41, 5.74) is 6.52. The summed E-state index contributed by atoms with van der Waals surface area (Å²) in [5, 5.41) is 9.96. The van der Waals surface area contributed by atoms with Gasteiger partial charge in [0.1, 0.15) is 0 Å². The Bertz CT molecular complexity index is 251. The number of rotatable bonds is 7. The van der Waals surface area contributed by atoms with Crippen LogP contribution in [0.5, 0.6) is 0 Å². The molecule has 1 atom stereocenters. The van der Waals surface area contributed by atoms with Crippen LogP contribution in [0.2, 0.25) is 0 Å². The maximum Gasteiger partial charge on any atom is 0.0753 e. The normalized spacial score (nSPS) is 16.1. The lowest BCUT2D eigenvalue weighted by Gasteiger charge is -2.29. The lowest BCUT2D eigenvalue weighted by molar-refractivity contribution is 0.0183. The first-order valence-corrected chi connectivity index (χ1v) is 6.25. The fourth-order valence-electron chi connectivity index (χ4n) is 1.53. The largest absolute Gasteiger partial charge is 0.389 e. The summed E-state index contributed by atoms with van der Waals surface area (Å²) < 4.78 is 5.62. The monoisotopic (exact) mass is 243 g/mol. The fraction of sp³-hybridized carbons (Fsp3) is 0.857. The molecule has 0 aliphatic rings. The molecule has 1 unspecified atom stereocenters. The second-order valence-electron chi connectivity index (χ2n) is 6.40. The lowest BCUT2D eigenvalue weighted by atomic mass is 9.85. The van der Waals surface area contributed by atoms with Crippen molar-refractivity contribution in [2.24, 2.45) is 11.1 Å². The Morgan fingerprint density at radius 1 is 1.29 bits per heavy atom. The van der Waals surface area contributed by atoms with E-state index in [4.69, 9.17) is 10.5 Å². The van der Waals surface area contributed by atoms with E-state index in [0.29, 0.717) is 19.6 Å². The second-order valence-corrected chi connectivity index (χ2v) is 6.40. The average Bonchev–Trinajstić information content (AvgIpc) is 2.13. The first-order valence-electron chi connectivity index (χ1n) is 6.25. The van der Waals surface area contributed by atoms with Gasteiger partial charge in [0.15, 0.2) is 0 Å². The number of nitrogens with two attached hydrogens (primary N) is 1. The molecule has 0 aliphatic carbocycles. The predicted octanol–water partition coefficient (Wildman–Crippen LogP) is 2.48. The summed E-state index contributed by atoms with van der Waals surface area (Å²) in [6.07, 6.45) is 2.27. The van der Waals surface area contributed by atoms with Crippen LogP contribution < -0.4 is 5.73 Å². The van der Waals surface area contributed by atoms with Crippen LogP contribution in [-0.2, 0) is 4.74 Å². The highest BCUT2D eigenvalue weighted by molar-refractivity contribution is 5.03. The van der Waals surface area contributed by atoms with Crippen LogP contribution in [0.1, 0.15) is 48.0 Å². The predicted molar refractivity (Wildman–Crippen MR) is 72.9 cm³/mol. The van der Waals surface area contributed by atoms with Gasteiger partial charge in [0.2, 0.25) is 0 Å². The summed E-state index contributed by atoms with van der Waals surface area (Å²) in [5.74, 6) is 0. The molecule has 0 amide bonds. The zero-order chi connectivity index (χ0) is 13.7. The number of ether oxygens (including phenoxy) is 1.